The average Bonchev–Trinajstić information content (AvgIpc) is 3.39. The second kappa shape index (κ2) is 9.92. The van der Waals surface area contributed by atoms with Crippen LogP contribution in [0.15, 0.2) is 22.8 Å². The van der Waals surface area contributed by atoms with Gasteiger partial charge in [-0.3, -0.25) is 9.59 Å². The van der Waals surface area contributed by atoms with Gasteiger partial charge in [0, 0.05) is 31.3 Å². The molecule has 0 aromatic carbocycles. The lowest BCUT2D eigenvalue weighted by Gasteiger charge is -2.45. The maximum Gasteiger partial charge on any atom is 0.271 e. The molecule has 1 unspecified atom stereocenters. The summed E-state index contributed by atoms with van der Waals surface area (Å²) in [7, 11) is 0. The minimum absolute atomic E-state index is 0.0389. The van der Waals surface area contributed by atoms with Crippen molar-refractivity contribution >= 4 is 22.9 Å². The topological polar surface area (TPSA) is 70.7 Å². The molecule has 2 aromatic rings. The summed E-state index contributed by atoms with van der Waals surface area (Å²) in [5.41, 5.74) is 1.24. The van der Waals surface area contributed by atoms with E-state index in [0.29, 0.717) is 24.4 Å². The van der Waals surface area contributed by atoms with Crippen molar-refractivity contribution in [2.45, 2.75) is 84.3 Å². The molecule has 4 rings (SSSR count). The molecular weight excluding hydrogens is 416 g/mol. The summed E-state index contributed by atoms with van der Waals surface area (Å²) in [5, 5.41) is 3.32. The Hall–Kier alpha value is -2.28. The highest BCUT2D eigenvalue weighted by Gasteiger charge is 2.48. The summed E-state index contributed by atoms with van der Waals surface area (Å²) in [6, 6.07) is 3.89. The number of likely N-dealkylation sites (N-methyl/N-ethyl adjacent to an activating group) is 1. The molecule has 0 radical (unpaired) electrons. The van der Waals surface area contributed by atoms with E-state index in [2.05, 4.69) is 31.0 Å². The third-order valence-electron chi connectivity index (χ3n) is 7.80. The number of unbranched alkanes of at least 4 members (excludes halogenated alkanes) is 1. The normalized spacial score (nSPS) is 25.6. The van der Waals surface area contributed by atoms with Crippen LogP contribution in [-0.4, -0.2) is 63.9 Å². The Balaban J connectivity index is 1.59. The summed E-state index contributed by atoms with van der Waals surface area (Å²) in [5.74, 6) is 0.596. The smallest absolute Gasteiger partial charge is 0.271 e. The van der Waals surface area contributed by atoms with Crippen molar-refractivity contribution in [1.29, 1.82) is 0 Å². The van der Waals surface area contributed by atoms with E-state index in [1.807, 2.05) is 28.5 Å². The van der Waals surface area contributed by atoms with Gasteiger partial charge in [-0.2, -0.15) is 0 Å². The number of furan rings is 1. The first kappa shape index (κ1) is 23.9. The highest BCUT2D eigenvalue weighted by Crippen LogP contribution is 2.33. The van der Waals surface area contributed by atoms with Crippen LogP contribution in [-0.2, 0) is 11.3 Å². The second-order valence-electron chi connectivity index (χ2n) is 10.2. The molecule has 0 saturated heterocycles. The van der Waals surface area contributed by atoms with Crippen molar-refractivity contribution in [3.63, 3.8) is 0 Å². The van der Waals surface area contributed by atoms with Gasteiger partial charge in [-0.25, -0.2) is 0 Å². The van der Waals surface area contributed by atoms with E-state index in [4.69, 9.17) is 4.42 Å². The molecule has 7 nitrogen and oxygen atoms in total. The van der Waals surface area contributed by atoms with Crippen LogP contribution in [0.1, 0.15) is 76.7 Å². The van der Waals surface area contributed by atoms with Gasteiger partial charge in [-0.15, -0.1) is 0 Å². The first-order chi connectivity index (χ1) is 15.9. The second-order valence-corrected chi connectivity index (χ2v) is 10.2. The lowest BCUT2D eigenvalue weighted by Crippen LogP contribution is -2.65. The van der Waals surface area contributed by atoms with Crippen LogP contribution in [0.4, 0.5) is 0 Å². The van der Waals surface area contributed by atoms with Gasteiger partial charge in [-0.05, 0) is 58.0 Å². The van der Waals surface area contributed by atoms with Gasteiger partial charge in [0.1, 0.15) is 11.2 Å². The number of carbonyl (C=O) groups excluding carboxylic acids is 2. The Morgan fingerprint density at radius 2 is 2.00 bits per heavy atom. The minimum Gasteiger partial charge on any atom is -0.463 e. The quantitative estimate of drug-likeness (QED) is 0.612. The van der Waals surface area contributed by atoms with Crippen molar-refractivity contribution in [2.24, 2.45) is 5.92 Å². The van der Waals surface area contributed by atoms with Crippen LogP contribution in [0.2, 0.25) is 0 Å². The molecule has 1 N–H and O–H groups in total. The number of nitrogens with zero attached hydrogens (tertiary/aromatic N) is 3. The lowest BCUT2D eigenvalue weighted by molar-refractivity contribution is -0.134. The molecule has 1 fully saturated rings. The van der Waals surface area contributed by atoms with Gasteiger partial charge in [0.25, 0.3) is 5.91 Å². The highest BCUT2D eigenvalue weighted by atomic mass is 16.3. The van der Waals surface area contributed by atoms with Crippen molar-refractivity contribution in [3.05, 3.63) is 24.1 Å². The average molecular weight is 457 g/mol. The van der Waals surface area contributed by atoms with E-state index >= 15 is 0 Å². The molecular formula is C26H40N4O3. The zero-order valence-corrected chi connectivity index (χ0v) is 20.7. The Morgan fingerprint density at radius 1 is 1.24 bits per heavy atom. The molecule has 3 heterocycles. The fourth-order valence-corrected chi connectivity index (χ4v) is 5.42. The summed E-state index contributed by atoms with van der Waals surface area (Å²) >= 11 is 0. The molecule has 2 amide bonds. The minimum atomic E-state index is -0.944. The number of aromatic nitrogens is 1. The van der Waals surface area contributed by atoms with Gasteiger partial charge in [0.2, 0.25) is 5.91 Å². The van der Waals surface area contributed by atoms with Gasteiger partial charge >= 0.3 is 0 Å². The largest absolute Gasteiger partial charge is 0.463 e. The molecule has 1 saturated carbocycles. The molecule has 0 spiro atoms. The molecule has 1 aliphatic heterocycles. The molecule has 2 aliphatic rings. The van der Waals surface area contributed by atoms with Gasteiger partial charge in [0.05, 0.1) is 18.3 Å². The van der Waals surface area contributed by atoms with E-state index in [1.165, 1.54) is 0 Å². The van der Waals surface area contributed by atoms with E-state index < -0.39 is 5.54 Å². The molecule has 33 heavy (non-hydrogen) atoms. The SMILES string of the molecule is CCCCN(CC)CCN1C(=O)c2cc3occc3n2CC1(C)C(=O)NC1CCC(C)CC1. The first-order valence-electron chi connectivity index (χ1n) is 12.8. The van der Waals surface area contributed by atoms with Crippen molar-refractivity contribution in [1.82, 2.24) is 19.7 Å². The Bertz CT molecular complexity index is 971. The monoisotopic (exact) mass is 456 g/mol. The van der Waals surface area contributed by atoms with E-state index in [0.717, 1.165) is 69.6 Å². The highest BCUT2D eigenvalue weighted by molar-refractivity contribution is 6.02. The zero-order chi connectivity index (χ0) is 23.6. The van der Waals surface area contributed by atoms with Gasteiger partial charge in [0.15, 0.2) is 5.58 Å². The summed E-state index contributed by atoms with van der Waals surface area (Å²) in [6.07, 6.45) is 8.23. The standard InChI is InChI=1S/C26H40N4O3/c1-5-7-13-28(6-2)14-15-30-24(31)22-17-23-21(12-16-33-23)29(22)18-26(30,4)25(32)27-20-10-8-19(3)9-11-20/h12,16-17,19-20H,5-11,13-15,18H2,1-4H3,(H,27,32). The van der Waals surface area contributed by atoms with E-state index in [-0.39, 0.29) is 17.9 Å². The Morgan fingerprint density at radius 3 is 2.70 bits per heavy atom. The molecule has 7 heteroatoms. The number of carbonyl (C=O) groups is 2. The van der Waals surface area contributed by atoms with E-state index in [1.54, 1.807) is 6.26 Å². The van der Waals surface area contributed by atoms with Crippen LogP contribution < -0.4 is 5.32 Å². The van der Waals surface area contributed by atoms with E-state index in [9.17, 15) is 9.59 Å². The summed E-state index contributed by atoms with van der Waals surface area (Å²) in [4.78, 5) is 31.7. The summed E-state index contributed by atoms with van der Waals surface area (Å²) in [6.45, 7) is 12.3. The number of hydrogen-bond acceptors (Lipinski definition) is 4. The predicted octanol–water partition coefficient (Wildman–Crippen LogP) is 4.27. The molecule has 0 bridgehead atoms. The number of hydrogen-bond donors (Lipinski definition) is 1. The maximum absolute atomic E-state index is 13.8. The van der Waals surface area contributed by atoms with Crippen LogP contribution in [0.25, 0.3) is 11.1 Å². The maximum atomic E-state index is 13.8. The van der Waals surface area contributed by atoms with Crippen LogP contribution in [0.3, 0.4) is 0 Å². The number of amides is 2. The lowest BCUT2D eigenvalue weighted by atomic mass is 9.86. The zero-order valence-electron chi connectivity index (χ0n) is 20.7. The summed E-state index contributed by atoms with van der Waals surface area (Å²) < 4.78 is 7.54. The van der Waals surface area contributed by atoms with Gasteiger partial charge < -0.3 is 24.1 Å². The van der Waals surface area contributed by atoms with Crippen molar-refractivity contribution in [3.8, 4) is 0 Å². The van der Waals surface area contributed by atoms with Gasteiger partial charge in [-0.1, -0.05) is 27.2 Å². The molecule has 1 aliphatic carbocycles. The molecule has 182 valence electrons. The third-order valence-corrected chi connectivity index (χ3v) is 7.80. The predicted molar refractivity (Wildman–Crippen MR) is 130 cm³/mol. The fraction of sp³-hybridized carbons (Fsp3) is 0.692. The third kappa shape index (κ3) is 4.70. The van der Waals surface area contributed by atoms with Crippen molar-refractivity contribution in [2.75, 3.05) is 26.2 Å². The molecule has 1 atom stereocenters. The molecule has 2 aromatic heterocycles. The number of nitrogens with one attached hydrogen (secondary N) is 1. The van der Waals surface area contributed by atoms with Crippen molar-refractivity contribution < 1.29 is 14.0 Å². The Kier molecular flexibility index (Phi) is 7.17. The van der Waals surface area contributed by atoms with Crippen LogP contribution >= 0.6 is 0 Å². The first-order valence-corrected chi connectivity index (χ1v) is 12.8. The Labute approximate surface area is 197 Å². The fourth-order valence-electron chi connectivity index (χ4n) is 5.42. The number of rotatable bonds is 9. The number of fused-ring (bicyclic) bond motifs is 3. The van der Waals surface area contributed by atoms with Crippen LogP contribution in [0, 0.1) is 5.92 Å². The van der Waals surface area contributed by atoms with Crippen LogP contribution in [0.5, 0.6) is 0 Å².